The van der Waals surface area contributed by atoms with E-state index < -0.39 is 21.6 Å². The Bertz CT molecular complexity index is 1310. The predicted molar refractivity (Wildman–Crippen MR) is 113 cm³/mol. The lowest BCUT2D eigenvalue weighted by Crippen LogP contribution is -2.28. The Morgan fingerprint density at radius 1 is 1.19 bits per heavy atom. The molecule has 0 bridgehead atoms. The maximum atomic E-state index is 12.6. The second-order valence-corrected chi connectivity index (χ2v) is 8.56. The fraction of sp³-hybridized carbons (Fsp3) is 0.200. The van der Waals surface area contributed by atoms with Crippen molar-refractivity contribution in [2.45, 2.75) is 24.5 Å². The highest BCUT2D eigenvalue weighted by molar-refractivity contribution is 7.89. The van der Waals surface area contributed by atoms with Crippen LogP contribution < -0.4 is 10.3 Å². The number of carbonyl (C=O) groups excluding carboxylic acids is 1. The highest BCUT2D eigenvalue weighted by Crippen LogP contribution is 2.14. The van der Waals surface area contributed by atoms with Crippen molar-refractivity contribution in [1.29, 1.82) is 5.26 Å². The smallest absolute Gasteiger partial charge is 0.307 e. The molecule has 0 aliphatic carbocycles. The normalized spacial score (nSPS) is 11.2. The molecule has 0 unspecified atom stereocenters. The van der Waals surface area contributed by atoms with Crippen molar-refractivity contribution < 1.29 is 17.9 Å². The molecular weight excluding hydrogens is 444 g/mol. The van der Waals surface area contributed by atoms with Gasteiger partial charge in [-0.1, -0.05) is 23.7 Å². The highest BCUT2D eigenvalue weighted by Gasteiger charge is 2.16. The minimum absolute atomic E-state index is 0.0196. The molecule has 1 heterocycles. The summed E-state index contributed by atoms with van der Waals surface area (Å²) in [6.45, 7) is -0.755. The van der Waals surface area contributed by atoms with Crippen molar-refractivity contribution in [2.75, 3.05) is 6.54 Å². The van der Waals surface area contributed by atoms with Gasteiger partial charge in [-0.15, -0.1) is 0 Å². The Balaban J connectivity index is 1.62. The minimum atomic E-state index is -3.79. The minimum Gasteiger partial charge on any atom is -0.457 e. The lowest BCUT2D eigenvalue weighted by Gasteiger charge is -2.11. The maximum Gasteiger partial charge on any atom is 0.307 e. The van der Waals surface area contributed by atoms with E-state index in [1.807, 2.05) is 6.07 Å². The fourth-order valence-electron chi connectivity index (χ4n) is 2.76. The molecule has 0 amide bonds. The summed E-state index contributed by atoms with van der Waals surface area (Å²) in [6, 6.07) is 14.1. The van der Waals surface area contributed by atoms with Gasteiger partial charge in [-0.3, -0.25) is 14.2 Å². The van der Waals surface area contributed by atoms with Gasteiger partial charge >= 0.3 is 5.97 Å². The lowest BCUT2D eigenvalue weighted by atomic mass is 10.2. The monoisotopic (exact) mass is 460 g/mol. The van der Waals surface area contributed by atoms with Crippen LogP contribution in [0.5, 0.6) is 0 Å². The number of para-hydroxylation sites is 1. The van der Waals surface area contributed by atoms with E-state index in [-0.39, 0.29) is 36.8 Å². The van der Waals surface area contributed by atoms with Crippen molar-refractivity contribution in [1.82, 2.24) is 14.3 Å². The van der Waals surface area contributed by atoms with E-state index in [9.17, 15) is 18.0 Å². The van der Waals surface area contributed by atoms with Gasteiger partial charge in [0.25, 0.3) is 5.56 Å². The highest BCUT2D eigenvalue weighted by atomic mass is 35.5. The molecule has 0 fully saturated rings. The van der Waals surface area contributed by atoms with Crippen LogP contribution in [-0.4, -0.2) is 30.5 Å². The number of esters is 1. The lowest BCUT2D eigenvalue weighted by molar-refractivity contribution is -0.145. The summed E-state index contributed by atoms with van der Waals surface area (Å²) in [5.41, 5.74) is 0.0115. The van der Waals surface area contributed by atoms with Crippen LogP contribution in [0.4, 0.5) is 0 Å². The van der Waals surface area contributed by atoms with Gasteiger partial charge in [-0.2, -0.15) is 5.26 Å². The number of rotatable bonds is 8. The molecule has 0 aliphatic rings. The average Bonchev–Trinajstić information content (AvgIpc) is 2.75. The maximum absolute atomic E-state index is 12.6. The van der Waals surface area contributed by atoms with Gasteiger partial charge in [0, 0.05) is 11.6 Å². The number of nitrogens with one attached hydrogen (secondary N) is 1. The van der Waals surface area contributed by atoms with Crippen LogP contribution in [0.15, 0.2) is 58.2 Å². The molecular formula is C20H17ClN4O5S. The number of carbonyl (C=O) groups is 1. The van der Waals surface area contributed by atoms with Gasteiger partial charge < -0.3 is 4.74 Å². The number of nitrogens with zero attached hydrogens (tertiary/aromatic N) is 3. The Hall–Kier alpha value is -3.26. The molecule has 160 valence electrons. The van der Waals surface area contributed by atoms with Gasteiger partial charge in [-0.05, 0) is 36.4 Å². The molecule has 1 N–H and O–H groups in total. The topological polar surface area (TPSA) is 131 Å². The number of hydrogen-bond donors (Lipinski definition) is 1. The van der Waals surface area contributed by atoms with Gasteiger partial charge in [0.15, 0.2) is 5.82 Å². The molecule has 0 atom stereocenters. The first kappa shape index (κ1) is 22.4. The third-order valence-corrected chi connectivity index (χ3v) is 6.01. The predicted octanol–water partition coefficient (Wildman–Crippen LogP) is 1.99. The largest absolute Gasteiger partial charge is 0.457 e. The second kappa shape index (κ2) is 9.70. The van der Waals surface area contributed by atoms with E-state index in [1.165, 1.54) is 24.3 Å². The Kier molecular flexibility index (Phi) is 7.02. The number of benzene rings is 2. The van der Waals surface area contributed by atoms with Crippen LogP contribution in [0.2, 0.25) is 5.02 Å². The molecule has 0 saturated carbocycles. The van der Waals surface area contributed by atoms with Gasteiger partial charge in [0.05, 0.1) is 28.3 Å². The first-order chi connectivity index (χ1) is 14.8. The summed E-state index contributed by atoms with van der Waals surface area (Å²) >= 11 is 5.75. The molecule has 11 heteroatoms. The van der Waals surface area contributed by atoms with Gasteiger partial charge in [0.2, 0.25) is 10.0 Å². The molecule has 9 nitrogen and oxygen atoms in total. The third-order valence-electron chi connectivity index (χ3n) is 4.28. The Morgan fingerprint density at radius 2 is 1.90 bits per heavy atom. The van der Waals surface area contributed by atoms with Crippen LogP contribution in [0.3, 0.4) is 0 Å². The summed E-state index contributed by atoms with van der Waals surface area (Å²) in [6.07, 6.45) is -0.233. The summed E-state index contributed by atoms with van der Waals surface area (Å²) in [7, 11) is -3.79. The van der Waals surface area contributed by atoms with Crippen LogP contribution >= 0.6 is 11.6 Å². The van der Waals surface area contributed by atoms with Crippen LogP contribution in [0.25, 0.3) is 10.9 Å². The van der Waals surface area contributed by atoms with Crippen LogP contribution in [0.1, 0.15) is 12.2 Å². The van der Waals surface area contributed by atoms with E-state index in [4.69, 9.17) is 21.6 Å². The molecule has 3 rings (SSSR count). The quantitative estimate of drug-likeness (QED) is 0.508. The number of aromatic nitrogens is 2. The van der Waals surface area contributed by atoms with E-state index in [0.29, 0.717) is 15.9 Å². The first-order valence-corrected chi connectivity index (χ1v) is 10.9. The van der Waals surface area contributed by atoms with Crippen molar-refractivity contribution in [3.05, 3.63) is 69.7 Å². The summed E-state index contributed by atoms with van der Waals surface area (Å²) in [4.78, 5) is 28.9. The summed E-state index contributed by atoms with van der Waals surface area (Å²) < 4.78 is 33.0. The van der Waals surface area contributed by atoms with E-state index in [2.05, 4.69) is 9.71 Å². The standard InChI is InChI=1S/C20H17ClN4O5S/c21-14-5-7-15(8-6-14)31(28,29)23-11-9-19(26)30-13-18-24-17-4-2-1-3-16(17)20(27)25(18)12-10-22/h1-8,23H,9,11-13H2. The number of sulfonamides is 1. The molecule has 2 aromatic carbocycles. The molecule has 0 aliphatic heterocycles. The van der Waals surface area contributed by atoms with Crippen LogP contribution in [-0.2, 0) is 32.7 Å². The number of hydrogen-bond acceptors (Lipinski definition) is 7. The molecule has 1 aromatic heterocycles. The van der Waals surface area contributed by atoms with Gasteiger partial charge in [0.1, 0.15) is 13.2 Å². The van der Waals surface area contributed by atoms with Gasteiger partial charge in [-0.25, -0.2) is 18.1 Å². The zero-order chi connectivity index (χ0) is 22.4. The van der Waals surface area contributed by atoms with Crippen molar-refractivity contribution in [2.24, 2.45) is 0 Å². The van der Waals surface area contributed by atoms with Crippen molar-refractivity contribution in [3.63, 3.8) is 0 Å². The van der Waals surface area contributed by atoms with Crippen molar-refractivity contribution >= 4 is 38.5 Å². The zero-order valence-electron chi connectivity index (χ0n) is 16.1. The second-order valence-electron chi connectivity index (χ2n) is 6.36. The molecule has 0 spiro atoms. The average molecular weight is 461 g/mol. The van der Waals surface area contributed by atoms with Crippen molar-refractivity contribution in [3.8, 4) is 6.07 Å². The summed E-state index contributed by atoms with van der Waals surface area (Å²) in [5, 5.41) is 9.76. The molecule has 3 aromatic rings. The van der Waals surface area contributed by atoms with E-state index >= 15 is 0 Å². The number of fused-ring (bicyclic) bond motifs is 1. The third kappa shape index (κ3) is 5.46. The fourth-order valence-corrected chi connectivity index (χ4v) is 3.92. The first-order valence-electron chi connectivity index (χ1n) is 9.08. The molecule has 31 heavy (non-hydrogen) atoms. The number of halogens is 1. The molecule has 0 radical (unpaired) electrons. The number of ether oxygens (including phenoxy) is 1. The van der Waals surface area contributed by atoms with Crippen LogP contribution in [0, 0.1) is 11.3 Å². The summed E-state index contributed by atoms with van der Waals surface area (Å²) in [5.74, 6) is -0.565. The Morgan fingerprint density at radius 3 is 2.61 bits per heavy atom. The SMILES string of the molecule is N#CCn1c(COC(=O)CCNS(=O)(=O)c2ccc(Cl)cc2)nc2ccccc2c1=O. The molecule has 0 saturated heterocycles. The Labute approximate surface area is 182 Å². The number of nitriles is 1. The van der Waals surface area contributed by atoms with E-state index in [0.717, 1.165) is 4.57 Å². The van der Waals surface area contributed by atoms with E-state index in [1.54, 1.807) is 24.3 Å². The zero-order valence-corrected chi connectivity index (χ0v) is 17.7.